The number of benzene rings is 1. The van der Waals surface area contributed by atoms with Crippen LogP contribution in [0, 0.1) is 12.8 Å². The number of aryl methyl sites for hydroxylation is 1. The van der Waals surface area contributed by atoms with Crippen LogP contribution in [-0.4, -0.2) is 19.6 Å². The molecule has 0 spiro atoms. The second-order valence-electron chi connectivity index (χ2n) is 6.83. The van der Waals surface area contributed by atoms with Crippen molar-refractivity contribution in [1.29, 1.82) is 0 Å². The van der Waals surface area contributed by atoms with E-state index in [1.165, 1.54) is 48.9 Å². The first kappa shape index (κ1) is 16.4. The predicted molar refractivity (Wildman–Crippen MR) is 93.0 cm³/mol. The summed E-state index contributed by atoms with van der Waals surface area (Å²) in [7, 11) is 2.29. The maximum Gasteiger partial charge on any atom is 0.0411 e. The van der Waals surface area contributed by atoms with Crippen LogP contribution in [0.15, 0.2) is 18.2 Å². The minimum absolute atomic E-state index is 0.717. The molecule has 1 N–H and O–H groups in total. The Kier molecular flexibility index (Phi) is 6.10. The molecule has 0 aromatic heterocycles. The predicted octanol–water partition coefficient (Wildman–Crippen LogP) is 4.51. The summed E-state index contributed by atoms with van der Waals surface area (Å²) < 4.78 is 0. The molecule has 1 aliphatic rings. The van der Waals surface area contributed by atoms with Crippen molar-refractivity contribution < 1.29 is 0 Å². The van der Waals surface area contributed by atoms with Crippen LogP contribution in [0.2, 0.25) is 0 Å². The van der Waals surface area contributed by atoms with E-state index in [0.29, 0.717) is 6.04 Å². The molecule has 1 aliphatic carbocycles. The largest absolute Gasteiger partial charge is 0.371 e. The Bertz CT molecular complexity index is 433. The van der Waals surface area contributed by atoms with Crippen LogP contribution in [0.4, 0.5) is 5.69 Å². The minimum atomic E-state index is 0.717. The van der Waals surface area contributed by atoms with Gasteiger partial charge in [-0.3, -0.25) is 0 Å². The van der Waals surface area contributed by atoms with Gasteiger partial charge in [0, 0.05) is 25.3 Å². The Balaban J connectivity index is 2.09. The molecule has 2 heteroatoms. The van der Waals surface area contributed by atoms with E-state index < -0.39 is 0 Å². The summed E-state index contributed by atoms with van der Waals surface area (Å²) in [5.41, 5.74) is 4.23. The Hall–Kier alpha value is -1.02. The zero-order chi connectivity index (χ0) is 15.2. The number of nitrogens with one attached hydrogen (secondary N) is 1. The van der Waals surface area contributed by atoms with Gasteiger partial charge >= 0.3 is 0 Å². The third-order valence-electron chi connectivity index (χ3n) is 4.89. The van der Waals surface area contributed by atoms with Gasteiger partial charge in [-0.2, -0.15) is 0 Å². The van der Waals surface area contributed by atoms with E-state index in [-0.39, 0.29) is 0 Å². The molecule has 1 saturated carbocycles. The van der Waals surface area contributed by atoms with Crippen molar-refractivity contribution in [3.8, 4) is 0 Å². The van der Waals surface area contributed by atoms with Gasteiger partial charge in [0.15, 0.2) is 0 Å². The molecule has 2 rings (SSSR count). The van der Waals surface area contributed by atoms with Crippen molar-refractivity contribution in [2.24, 2.45) is 5.92 Å². The van der Waals surface area contributed by atoms with Crippen molar-refractivity contribution in [3.05, 3.63) is 29.3 Å². The molecule has 0 unspecified atom stereocenters. The number of rotatable bonds is 6. The SMILES string of the molecule is CCCNCc1cc(C)ccc1N(C)C1CCC(C)CC1. The van der Waals surface area contributed by atoms with Gasteiger partial charge in [-0.05, 0) is 63.1 Å². The molecule has 0 amide bonds. The molecule has 1 aromatic carbocycles. The quantitative estimate of drug-likeness (QED) is 0.775. The molecule has 0 bridgehead atoms. The van der Waals surface area contributed by atoms with Gasteiger partial charge in [0.1, 0.15) is 0 Å². The Morgan fingerprint density at radius 3 is 2.57 bits per heavy atom. The van der Waals surface area contributed by atoms with E-state index >= 15 is 0 Å². The smallest absolute Gasteiger partial charge is 0.0411 e. The number of nitrogens with zero attached hydrogens (tertiary/aromatic N) is 1. The molecule has 118 valence electrons. The molecule has 0 aliphatic heterocycles. The molecule has 0 heterocycles. The Morgan fingerprint density at radius 1 is 1.19 bits per heavy atom. The summed E-state index contributed by atoms with van der Waals surface area (Å²) in [5.74, 6) is 0.915. The highest BCUT2D eigenvalue weighted by Crippen LogP contribution is 2.31. The average molecular weight is 288 g/mol. The lowest BCUT2D eigenvalue weighted by molar-refractivity contribution is 0.340. The number of hydrogen-bond acceptors (Lipinski definition) is 2. The zero-order valence-electron chi connectivity index (χ0n) is 14.3. The molecule has 21 heavy (non-hydrogen) atoms. The fraction of sp³-hybridized carbons (Fsp3) is 0.684. The summed E-state index contributed by atoms with van der Waals surface area (Å²) >= 11 is 0. The first-order chi connectivity index (χ1) is 10.1. The molecule has 0 atom stereocenters. The third-order valence-corrected chi connectivity index (χ3v) is 4.89. The van der Waals surface area contributed by atoms with Gasteiger partial charge in [-0.1, -0.05) is 31.5 Å². The Morgan fingerprint density at radius 2 is 1.90 bits per heavy atom. The van der Waals surface area contributed by atoms with Crippen LogP contribution in [0.1, 0.15) is 57.1 Å². The average Bonchev–Trinajstić information content (AvgIpc) is 2.48. The van der Waals surface area contributed by atoms with Gasteiger partial charge in [-0.15, -0.1) is 0 Å². The fourth-order valence-electron chi connectivity index (χ4n) is 3.43. The monoisotopic (exact) mass is 288 g/mol. The van der Waals surface area contributed by atoms with Gasteiger partial charge in [0.05, 0.1) is 0 Å². The highest BCUT2D eigenvalue weighted by Gasteiger charge is 2.23. The van der Waals surface area contributed by atoms with E-state index in [9.17, 15) is 0 Å². The highest BCUT2D eigenvalue weighted by molar-refractivity contribution is 5.55. The molecule has 1 aromatic rings. The summed E-state index contributed by atoms with van der Waals surface area (Å²) in [6.45, 7) is 8.88. The van der Waals surface area contributed by atoms with E-state index in [1.54, 1.807) is 0 Å². The number of anilines is 1. The standard InChI is InChI=1S/C19H32N2/c1-5-12-20-14-17-13-16(3)8-11-19(17)21(4)18-9-6-15(2)7-10-18/h8,11,13,15,18,20H,5-7,9-10,12,14H2,1-4H3. The molecular weight excluding hydrogens is 256 g/mol. The third kappa shape index (κ3) is 4.47. The van der Waals surface area contributed by atoms with Crippen molar-refractivity contribution >= 4 is 5.69 Å². The second-order valence-corrected chi connectivity index (χ2v) is 6.83. The second kappa shape index (κ2) is 7.84. The van der Waals surface area contributed by atoms with Gasteiger partial charge < -0.3 is 10.2 Å². The summed E-state index contributed by atoms with van der Waals surface area (Å²) in [6, 6.07) is 7.63. The van der Waals surface area contributed by atoms with Crippen LogP contribution >= 0.6 is 0 Å². The maximum atomic E-state index is 3.56. The van der Waals surface area contributed by atoms with E-state index in [0.717, 1.165) is 19.0 Å². The zero-order valence-corrected chi connectivity index (χ0v) is 14.3. The normalized spacial score (nSPS) is 22.3. The van der Waals surface area contributed by atoms with Crippen molar-refractivity contribution in [2.75, 3.05) is 18.5 Å². The first-order valence-corrected chi connectivity index (χ1v) is 8.65. The van der Waals surface area contributed by atoms with Crippen LogP contribution in [0.5, 0.6) is 0 Å². The van der Waals surface area contributed by atoms with Crippen molar-refractivity contribution in [1.82, 2.24) is 5.32 Å². The molecule has 0 radical (unpaired) electrons. The van der Waals surface area contributed by atoms with Crippen molar-refractivity contribution in [2.45, 2.75) is 65.5 Å². The van der Waals surface area contributed by atoms with Crippen LogP contribution < -0.4 is 10.2 Å². The van der Waals surface area contributed by atoms with Crippen molar-refractivity contribution in [3.63, 3.8) is 0 Å². The summed E-state index contributed by atoms with van der Waals surface area (Å²) in [4.78, 5) is 2.54. The van der Waals surface area contributed by atoms with Gasteiger partial charge in [-0.25, -0.2) is 0 Å². The van der Waals surface area contributed by atoms with Crippen LogP contribution in [0.25, 0.3) is 0 Å². The summed E-state index contributed by atoms with van der Waals surface area (Å²) in [5, 5.41) is 3.56. The van der Waals surface area contributed by atoms with Crippen LogP contribution in [0.3, 0.4) is 0 Å². The van der Waals surface area contributed by atoms with E-state index in [1.807, 2.05) is 0 Å². The van der Waals surface area contributed by atoms with Gasteiger partial charge in [0.2, 0.25) is 0 Å². The lowest BCUT2D eigenvalue weighted by Gasteiger charge is -2.36. The minimum Gasteiger partial charge on any atom is -0.371 e. The molecule has 2 nitrogen and oxygen atoms in total. The molecule has 0 saturated heterocycles. The van der Waals surface area contributed by atoms with E-state index in [4.69, 9.17) is 0 Å². The molecular formula is C19H32N2. The maximum absolute atomic E-state index is 3.56. The van der Waals surface area contributed by atoms with Crippen LogP contribution in [-0.2, 0) is 6.54 Å². The fourth-order valence-corrected chi connectivity index (χ4v) is 3.43. The lowest BCUT2D eigenvalue weighted by Crippen LogP contribution is -2.35. The lowest BCUT2D eigenvalue weighted by atomic mass is 9.86. The molecule has 1 fully saturated rings. The highest BCUT2D eigenvalue weighted by atomic mass is 15.1. The van der Waals surface area contributed by atoms with Gasteiger partial charge in [0.25, 0.3) is 0 Å². The topological polar surface area (TPSA) is 15.3 Å². The first-order valence-electron chi connectivity index (χ1n) is 8.65. The summed E-state index contributed by atoms with van der Waals surface area (Å²) in [6.07, 6.45) is 6.63. The number of hydrogen-bond donors (Lipinski definition) is 1. The van der Waals surface area contributed by atoms with E-state index in [2.05, 4.69) is 56.2 Å². The Labute approximate surface area is 130 Å².